The molecule has 21 heavy (non-hydrogen) atoms. The highest BCUT2D eigenvalue weighted by Crippen LogP contribution is 2.34. The summed E-state index contributed by atoms with van der Waals surface area (Å²) in [5.74, 6) is 0.644. The molecule has 1 aliphatic heterocycles. The fraction of sp³-hybridized carbons (Fsp3) is 0.357. The first-order valence-corrected chi connectivity index (χ1v) is 7.82. The van der Waals surface area contributed by atoms with Crippen molar-refractivity contribution in [3.8, 4) is 11.5 Å². The second-order valence-electron chi connectivity index (χ2n) is 5.10. The van der Waals surface area contributed by atoms with Crippen LogP contribution in [0.25, 0.3) is 21.7 Å². The van der Waals surface area contributed by atoms with E-state index in [1.54, 1.807) is 12.3 Å². The van der Waals surface area contributed by atoms with Gasteiger partial charge in [0, 0.05) is 13.1 Å². The number of piperidine rings is 1. The van der Waals surface area contributed by atoms with Crippen LogP contribution in [0.3, 0.4) is 0 Å². The zero-order valence-corrected chi connectivity index (χ0v) is 12.2. The van der Waals surface area contributed by atoms with E-state index in [2.05, 4.69) is 20.1 Å². The van der Waals surface area contributed by atoms with Gasteiger partial charge in [-0.2, -0.15) is 5.10 Å². The molecule has 0 aliphatic carbocycles. The highest BCUT2D eigenvalue weighted by molar-refractivity contribution is 7.22. The van der Waals surface area contributed by atoms with E-state index in [0.717, 1.165) is 22.9 Å². The molecule has 1 aliphatic rings. The number of thiazole rings is 1. The van der Waals surface area contributed by atoms with E-state index in [9.17, 15) is 4.79 Å². The van der Waals surface area contributed by atoms with Gasteiger partial charge in [-0.15, -0.1) is 0 Å². The Morgan fingerprint density at radius 1 is 1.29 bits per heavy atom. The van der Waals surface area contributed by atoms with Crippen LogP contribution in [0.5, 0.6) is 0 Å². The summed E-state index contributed by atoms with van der Waals surface area (Å²) in [6.07, 6.45) is 5.22. The van der Waals surface area contributed by atoms with E-state index < -0.39 is 0 Å². The number of fused-ring (bicyclic) bond motifs is 1. The number of nitrogens with zero attached hydrogens (tertiary/aromatic N) is 3. The molecule has 108 valence electrons. The minimum Gasteiger partial charge on any atom is -0.463 e. The van der Waals surface area contributed by atoms with E-state index in [4.69, 9.17) is 4.42 Å². The SMILES string of the molecule is O=c1[nH]nc(-c2ccco2)c2sc(N3CCCCC3)nc12. The topological polar surface area (TPSA) is 75.0 Å². The van der Waals surface area contributed by atoms with Crippen molar-refractivity contribution >= 4 is 26.7 Å². The van der Waals surface area contributed by atoms with Gasteiger partial charge in [-0.25, -0.2) is 10.1 Å². The number of rotatable bonds is 2. The first-order chi connectivity index (χ1) is 10.3. The van der Waals surface area contributed by atoms with Gasteiger partial charge in [0.15, 0.2) is 16.4 Å². The second kappa shape index (κ2) is 5.00. The minimum absolute atomic E-state index is 0.250. The van der Waals surface area contributed by atoms with Crippen LogP contribution in [-0.2, 0) is 0 Å². The monoisotopic (exact) mass is 302 g/mol. The number of aromatic nitrogens is 3. The lowest BCUT2D eigenvalue weighted by Crippen LogP contribution is -2.29. The predicted molar refractivity (Wildman–Crippen MR) is 81.8 cm³/mol. The van der Waals surface area contributed by atoms with Gasteiger partial charge in [-0.05, 0) is 31.4 Å². The van der Waals surface area contributed by atoms with Gasteiger partial charge in [0.2, 0.25) is 0 Å². The molecule has 3 aromatic rings. The summed E-state index contributed by atoms with van der Waals surface area (Å²) in [6.45, 7) is 2.00. The summed E-state index contributed by atoms with van der Waals surface area (Å²) >= 11 is 1.52. The Labute approximate surface area is 124 Å². The number of H-pyrrole nitrogens is 1. The number of aromatic amines is 1. The second-order valence-corrected chi connectivity index (χ2v) is 6.08. The molecule has 1 saturated heterocycles. The standard InChI is InChI=1S/C14H14N4O2S/c19-13-11-12(10(16-17-13)9-5-4-8-20-9)21-14(15-11)18-6-2-1-3-7-18/h4-5,8H,1-3,6-7H2,(H,17,19). The predicted octanol–water partition coefficient (Wildman–Crippen LogP) is 2.63. The summed E-state index contributed by atoms with van der Waals surface area (Å²) in [4.78, 5) is 18.7. The number of furan rings is 1. The lowest BCUT2D eigenvalue weighted by Gasteiger charge is -2.25. The van der Waals surface area contributed by atoms with E-state index in [1.165, 1.54) is 30.6 Å². The summed E-state index contributed by atoms with van der Waals surface area (Å²) in [6, 6.07) is 3.64. The van der Waals surface area contributed by atoms with Crippen LogP contribution < -0.4 is 10.5 Å². The third-order valence-electron chi connectivity index (χ3n) is 3.70. The van der Waals surface area contributed by atoms with Gasteiger partial charge in [0.1, 0.15) is 5.69 Å². The molecule has 3 aromatic heterocycles. The molecule has 0 aromatic carbocycles. The quantitative estimate of drug-likeness (QED) is 0.787. The molecule has 0 bridgehead atoms. The van der Waals surface area contributed by atoms with E-state index in [0.29, 0.717) is 17.0 Å². The molecule has 0 radical (unpaired) electrons. The maximum absolute atomic E-state index is 12.0. The van der Waals surface area contributed by atoms with Crippen molar-refractivity contribution in [2.75, 3.05) is 18.0 Å². The van der Waals surface area contributed by atoms with Crippen molar-refractivity contribution in [3.05, 3.63) is 28.7 Å². The lowest BCUT2D eigenvalue weighted by atomic mass is 10.1. The molecular formula is C14H14N4O2S. The molecule has 1 fully saturated rings. The Kier molecular flexibility index (Phi) is 2.99. The maximum Gasteiger partial charge on any atom is 0.291 e. The van der Waals surface area contributed by atoms with Gasteiger partial charge < -0.3 is 9.32 Å². The Morgan fingerprint density at radius 3 is 2.90 bits per heavy atom. The van der Waals surface area contributed by atoms with E-state index in [1.807, 2.05) is 6.07 Å². The van der Waals surface area contributed by atoms with Crippen molar-refractivity contribution in [1.82, 2.24) is 15.2 Å². The van der Waals surface area contributed by atoms with Crippen molar-refractivity contribution in [1.29, 1.82) is 0 Å². The van der Waals surface area contributed by atoms with Gasteiger partial charge in [-0.3, -0.25) is 4.79 Å². The Bertz CT molecular complexity index is 815. The minimum atomic E-state index is -0.250. The largest absolute Gasteiger partial charge is 0.463 e. The fourth-order valence-electron chi connectivity index (χ4n) is 2.63. The first-order valence-electron chi connectivity index (χ1n) is 7.01. The Balaban J connectivity index is 1.87. The number of nitrogens with one attached hydrogen (secondary N) is 1. The third kappa shape index (κ3) is 2.13. The molecule has 1 N–H and O–H groups in total. The molecule has 6 nitrogen and oxygen atoms in total. The molecule has 0 atom stereocenters. The summed E-state index contributed by atoms with van der Waals surface area (Å²) in [5, 5.41) is 7.53. The van der Waals surface area contributed by atoms with Gasteiger partial charge in [0.05, 0.1) is 11.0 Å². The zero-order valence-electron chi connectivity index (χ0n) is 11.3. The van der Waals surface area contributed by atoms with Crippen molar-refractivity contribution in [2.24, 2.45) is 0 Å². The molecule has 4 rings (SSSR count). The molecule has 0 spiro atoms. The molecule has 4 heterocycles. The first kappa shape index (κ1) is 12.6. The van der Waals surface area contributed by atoms with Crippen LogP contribution in [0.2, 0.25) is 0 Å². The number of hydrogen-bond acceptors (Lipinski definition) is 6. The number of anilines is 1. The van der Waals surface area contributed by atoms with E-state index >= 15 is 0 Å². The Hall–Kier alpha value is -2.15. The molecular weight excluding hydrogens is 288 g/mol. The van der Waals surface area contributed by atoms with Crippen molar-refractivity contribution < 1.29 is 4.42 Å². The summed E-state index contributed by atoms with van der Waals surface area (Å²) in [7, 11) is 0. The smallest absolute Gasteiger partial charge is 0.291 e. The Morgan fingerprint density at radius 2 is 2.14 bits per heavy atom. The van der Waals surface area contributed by atoms with Gasteiger partial charge in [-0.1, -0.05) is 11.3 Å². The average Bonchev–Trinajstić information content (AvgIpc) is 3.18. The summed E-state index contributed by atoms with van der Waals surface area (Å²) < 4.78 is 6.19. The van der Waals surface area contributed by atoms with Crippen LogP contribution in [0, 0.1) is 0 Å². The molecule has 7 heteroatoms. The van der Waals surface area contributed by atoms with Crippen LogP contribution >= 0.6 is 11.3 Å². The van der Waals surface area contributed by atoms with Gasteiger partial charge in [0.25, 0.3) is 5.56 Å². The lowest BCUT2D eigenvalue weighted by molar-refractivity contribution is 0.577. The highest BCUT2D eigenvalue weighted by Gasteiger charge is 2.20. The summed E-state index contributed by atoms with van der Waals surface area (Å²) in [5.41, 5.74) is 0.845. The van der Waals surface area contributed by atoms with Crippen LogP contribution in [0.1, 0.15) is 19.3 Å². The maximum atomic E-state index is 12.0. The highest BCUT2D eigenvalue weighted by atomic mass is 32.1. The van der Waals surface area contributed by atoms with Crippen LogP contribution in [0.4, 0.5) is 5.13 Å². The van der Waals surface area contributed by atoms with Crippen molar-refractivity contribution in [3.63, 3.8) is 0 Å². The van der Waals surface area contributed by atoms with E-state index in [-0.39, 0.29) is 5.56 Å². The molecule has 0 unspecified atom stereocenters. The van der Waals surface area contributed by atoms with Crippen molar-refractivity contribution in [2.45, 2.75) is 19.3 Å². The van der Waals surface area contributed by atoms with Crippen LogP contribution in [0.15, 0.2) is 27.6 Å². The normalized spacial score (nSPS) is 15.7. The fourth-order valence-corrected chi connectivity index (χ4v) is 3.74. The number of hydrogen-bond donors (Lipinski definition) is 1. The third-order valence-corrected chi connectivity index (χ3v) is 4.82. The molecule has 0 saturated carbocycles. The zero-order chi connectivity index (χ0) is 14.2. The molecule has 0 amide bonds. The average molecular weight is 302 g/mol. The van der Waals surface area contributed by atoms with Gasteiger partial charge >= 0.3 is 0 Å². The van der Waals surface area contributed by atoms with Crippen LogP contribution in [-0.4, -0.2) is 28.3 Å².